The molecule has 2 rings (SSSR count). The number of nitrogens with zero attached hydrogens (tertiary/aromatic N) is 1. The third-order valence-electron chi connectivity index (χ3n) is 4.57. The molecule has 0 aliphatic heterocycles. The summed E-state index contributed by atoms with van der Waals surface area (Å²) >= 11 is 15.3. The number of ether oxygens (including phenoxy) is 2. The van der Waals surface area contributed by atoms with E-state index in [1.54, 1.807) is 31.2 Å². The molecule has 2 amide bonds. The maximum absolute atomic E-state index is 12.7. The molecule has 0 saturated carbocycles. The zero-order valence-electron chi connectivity index (χ0n) is 19.1. The van der Waals surface area contributed by atoms with Gasteiger partial charge in [0.05, 0.1) is 18.3 Å². The zero-order valence-corrected chi connectivity index (χ0v) is 22.2. The maximum atomic E-state index is 12.7. The first-order valence-electron chi connectivity index (χ1n) is 10.3. The normalized spacial score (nSPS) is 12.9. The fraction of sp³-hybridized carbons (Fsp3) is 0.348. The number of carbonyl (C=O) groups excluding carboxylic acids is 2. The van der Waals surface area contributed by atoms with Gasteiger partial charge in [-0.05, 0) is 49.6 Å². The summed E-state index contributed by atoms with van der Waals surface area (Å²) in [6.07, 6.45) is 0.733. The number of methoxy groups -OCH3 is 1. The van der Waals surface area contributed by atoms with Crippen molar-refractivity contribution in [3.05, 3.63) is 50.4 Å². The quantitative estimate of drug-likeness (QED) is 0.276. The third-order valence-corrected chi connectivity index (χ3v) is 5.56. The second-order valence-corrected chi connectivity index (χ2v) is 9.56. The van der Waals surface area contributed by atoms with Crippen molar-refractivity contribution in [3.8, 4) is 17.2 Å². The predicted octanol–water partition coefficient (Wildman–Crippen LogP) is 4.92. The minimum atomic E-state index is -0.921. The van der Waals surface area contributed by atoms with Crippen molar-refractivity contribution < 1.29 is 24.2 Å². The van der Waals surface area contributed by atoms with Gasteiger partial charge in [0, 0.05) is 15.1 Å². The Morgan fingerprint density at radius 2 is 1.85 bits per heavy atom. The second kappa shape index (κ2) is 12.8. The van der Waals surface area contributed by atoms with Gasteiger partial charge in [-0.1, -0.05) is 53.0 Å². The largest absolute Gasteiger partial charge is 0.504 e. The van der Waals surface area contributed by atoms with E-state index in [-0.39, 0.29) is 22.4 Å². The molecule has 11 heteroatoms. The van der Waals surface area contributed by atoms with Gasteiger partial charge >= 0.3 is 0 Å². The molecule has 8 nitrogen and oxygen atoms in total. The smallest absolute Gasteiger partial charge is 0.262 e. The second-order valence-electron chi connectivity index (χ2n) is 7.81. The van der Waals surface area contributed by atoms with Crippen molar-refractivity contribution in [2.45, 2.75) is 39.3 Å². The summed E-state index contributed by atoms with van der Waals surface area (Å²) in [6, 6.07) is 7.02. The van der Waals surface area contributed by atoms with Gasteiger partial charge in [-0.2, -0.15) is 5.10 Å². The first-order chi connectivity index (χ1) is 16.0. The number of hydrogen-bond donors (Lipinski definition) is 3. The zero-order chi connectivity index (χ0) is 25.4. The summed E-state index contributed by atoms with van der Waals surface area (Å²) in [5.74, 6) is -0.473. The first kappa shape index (κ1) is 27.8. The van der Waals surface area contributed by atoms with E-state index in [4.69, 9.17) is 32.7 Å². The number of hydrazone groups is 1. The number of phenolic OH excluding ortho intramolecular Hbond substituents is 1. The van der Waals surface area contributed by atoms with Crippen molar-refractivity contribution in [3.63, 3.8) is 0 Å². The summed E-state index contributed by atoms with van der Waals surface area (Å²) in [5, 5.41) is 17.5. The Bertz CT molecular complexity index is 1070. The molecule has 0 aromatic heterocycles. The number of hydrogen-bond acceptors (Lipinski definition) is 6. The highest BCUT2D eigenvalue weighted by molar-refractivity contribution is 9.10. The number of amides is 2. The van der Waals surface area contributed by atoms with Crippen molar-refractivity contribution in [2.24, 2.45) is 11.0 Å². The molecule has 0 aliphatic carbocycles. The van der Waals surface area contributed by atoms with E-state index in [2.05, 4.69) is 31.8 Å². The van der Waals surface area contributed by atoms with Crippen LogP contribution in [0.2, 0.25) is 10.0 Å². The van der Waals surface area contributed by atoms with E-state index in [9.17, 15) is 14.7 Å². The molecule has 2 aromatic rings. The van der Waals surface area contributed by atoms with Crippen LogP contribution in [0, 0.1) is 5.92 Å². The van der Waals surface area contributed by atoms with Crippen LogP contribution in [0.3, 0.4) is 0 Å². The topological polar surface area (TPSA) is 109 Å². The van der Waals surface area contributed by atoms with Crippen LogP contribution < -0.4 is 20.2 Å². The molecule has 0 saturated heterocycles. The molecule has 34 heavy (non-hydrogen) atoms. The Labute approximate surface area is 216 Å². The predicted molar refractivity (Wildman–Crippen MR) is 136 cm³/mol. The fourth-order valence-electron chi connectivity index (χ4n) is 2.90. The highest BCUT2D eigenvalue weighted by Gasteiger charge is 2.25. The van der Waals surface area contributed by atoms with Crippen LogP contribution in [0.15, 0.2) is 39.9 Å². The number of phenols is 1. The third kappa shape index (κ3) is 8.07. The van der Waals surface area contributed by atoms with E-state index >= 15 is 0 Å². The fourth-order valence-corrected chi connectivity index (χ4v) is 3.81. The molecular weight excluding hydrogens is 549 g/mol. The Balaban J connectivity index is 2.06. The van der Waals surface area contributed by atoms with E-state index < -0.39 is 24.0 Å². The number of rotatable bonds is 10. The average molecular weight is 575 g/mol. The number of nitrogens with one attached hydrogen (secondary N) is 2. The first-order valence-corrected chi connectivity index (χ1v) is 11.9. The number of halogens is 3. The van der Waals surface area contributed by atoms with E-state index in [0.29, 0.717) is 27.2 Å². The summed E-state index contributed by atoms with van der Waals surface area (Å²) in [7, 11) is 1.43. The van der Waals surface area contributed by atoms with Crippen LogP contribution in [0.25, 0.3) is 0 Å². The number of aromatic hydroxyl groups is 1. The lowest BCUT2D eigenvalue weighted by molar-refractivity contribution is -0.132. The van der Waals surface area contributed by atoms with Crippen LogP contribution in [0.1, 0.15) is 32.8 Å². The lowest BCUT2D eigenvalue weighted by Crippen LogP contribution is -2.49. The van der Waals surface area contributed by atoms with Gasteiger partial charge in [0.15, 0.2) is 17.6 Å². The molecule has 0 heterocycles. The van der Waals surface area contributed by atoms with Gasteiger partial charge in [-0.25, -0.2) is 5.43 Å². The Hall–Kier alpha value is -2.49. The standard InChI is InChI=1S/C23H26BrCl2N3O5/c1-12(2)7-18(28-22(31)13(3)34-19-6-5-16(25)10-17(19)26)23(32)29-27-11-14-8-15(24)9-20(33-4)21(14)30/h5-6,8-13,18,30H,7H2,1-4H3,(H,28,31)(H,29,32)/b27-11-/t13-,18+/m1/s1. The van der Waals surface area contributed by atoms with Crippen LogP contribution in [-0.4, -0.2) is 42.4 Å². The van der Waals surface area contributed by atoms with E-state index in [0.717, 1.165) is 0 Å². The lowest BCUT2D eigenvalue weighted by atomic mass is 10.0. The van der Waals surface area contributed by atoms with Crippen molar-refractivity contribution in [1.82, 2.24) is 10.7 Å². The molecule has 0 spiro atoms. The van der Waals surface area contributed by atoms with E-state index in [1.807, 2.05) is 13.8 Å². The Morgan fingerprint density at radius 1 is 1.15 bits per heavy atom. The summed E-state index contributed by atoms with van der Waals surface area (Å²) in [6.45, 7) is 5.40. The van der Waals surface area contributed by atoms with Gasteiger partial charge in [0.25, 0.3) is 11.8 Å². The minimum absolute atomic E-state index is 0.111. The molecule has 2 atom stereocenters. The SMILES string of the molecule is COc1cc(Br)cc(/C=N\NC(=O)[C@H](CC(C)C)NC(=O)[C@@H](C)Oc2ccc(Cl)cc2Cl)c1O. The van der Waals surface area contributed by atoms with Crippen molar-refractivity contribution in [2.75, 3.05) is 7.11 Å². The molecular formula is C23H26BrCl2N3O5. The summed E-state index contributed by atoms with van der Waals surface area (Å²) < 4.78 is 11.4. The van der Waals surface area contributed by atoms with Crippen LogP contribution in [0.5, 0.6) is 17.2 Å². The molecule has 184 valence electrons. The van der Waals surface area contributed by atoms with Gasteiger partial charge in [0.2, 0.25) is 0 Å². The number of benzene rings is 2. The minimum Gasteiger partial charge on any atom is -0.504 e. The summed E-state index contributed by atoms with van der Waals surface area (Å²) in [4.78, 5) is 25.4. The Kier molecular flexibility index (Phi) is 10.5. The molecule has 3 N–H and O–H groups in total. The highest BCUT2D eigenvalue weighted by Crippen LogP contribution is 2.32. The average Bonchev–Trinajstić information content (AvgIpc) is 2.76. The summed E-state index contributed by atoms with van der Waals surface area (Å²) in [5.41, 5.74) is 2.73. The lowest BCUT2D eigenvalue weighted by Gasteiger charge is -2.22. The molecule has 0 fully saturated rings. The van der Waals surface area contributed by atoms with Gasteiger partial charge in [0.1, 0.15) is 11.8 Å². The highest BCUT2D eigenvalue weighted by atomic mass is 79.9. The monoisotopic (exact) mass is 573 g/mol. The van der Waals surface area contributed by atoms with Crippen LogP contribution in [-0.2, 0) is 9.59 Å². The van der Waals surface area contributed by atoms with Crippen LogP contribution in [0.4, 0.5) is 0 Å². The van der Waals surface area contributed by atoms with Crippen molar-refractivity contribution >= 4 is 57.2 Å². The maximum Gasteiger partial charge on any atom is 0.262 e. The van der Waals surface area contributed by atoms with Crippen LogP contribution >= 0.6 is 39.1 Å². The van der Waals surface area contributed by atoms with Gasteiger partial charge in [-0.3, -0.25) is 9.59 Å². The van der Waals surface area contributed by atoms with Crippen molar-refractivity contribution in [1.29, 1.82) is 0 Å². The number of carbonyl (C=O) groups is 2. The molecule has 2 aromatic carbocycles. The molecule has 0 bridgehead atoms. The molecule has 0 aliphatic rings. The van der Waals surface area contributed by atoms with E-state index in [1.165, 1.54) is 19.4 Å². The Morgan fingerprint density at radius 3 is 2.47 bits per heavy atom. The molecule has 0 unspecified atom stereocenters. The molecule has 0 radical (unpaired) electrons. The van der Waals surface area contributed by atoms with Gasteiger partial charge < -0.3 is 19.9 Å². The van der Waals surface area contributed by atoms with Gasteiger partial charge in [-0.15, -0.1) is 0 Å².